The van der Waals surface area contributed by atoms with Gasteiger partial charge in [-0.15, -0.1) is 0 Å². The molecule has 21 heavy (non-hydrogen) atoms. The van der Waals surface area contributed by atoms with Crippen LogP contribution in [-0.4, -0.2) is 32.8 Å². The number of carbonyl (C=O) groups is 2. The lowest BCUT2D eigenvalue weighted by Gasteiger charge is -2.21. The highest BCUT2D eigenvalue weighted by molar-refractivity contribution is 6.04. The molecule has 1 fully saturated rings. The molecule has 1 aliphatic heterocycles. The number of aromatic amines is 1. The maximum Gasteiger partial charge on any atom is 0.325 e. The number of imidazole rings is 1. The minimum Gasteiger partial charge on any atom is -0.348 e. The molecule has 3 rings (SSSR count). The second-order valence-corrected chi connectivity index (χ2v) is 5.08. The molecular weight excluding hydrogens is 268 g/mol. The average Bonchev–Trinajstić information content (AvgIpc) is 3.09. The highest BCUT2D eigenvalue weighted by atomic mass is 16.2. The molecule has 0 aliphatic carbocycles. The number of aromatic nitrogens is 2. The standard InChI is InChI=1S/C15H16N4O2/c1-10(11-5-3-2-4-6-11)19-14(20)13(18-15(19)21)7-12-8-16-9-17-12/h2-6,8-10,13H,7H2,1H3,(H,16,17)(H,18,21)/t10-,13+/m0/s1. The number of urea groups is 1. The topological polar surface area (TPSA) is 78.1 Å². The smallest absolute Gasteiger partial charge is 0.325 e. The van der Waals surface area contributed by atoms with Gasteiger partial charge in [0.15, 0.2) is 0 Å². The first-order valence-corrected chi connectivity index (χ1v) is 6.82. The number of amides is 3. The molecule has 2 aromatic rings. The lowest BCUT2D eigenvalue weighted by Crippen LogP contribution is -2.34. The Kier molecular flexibility index (Phi) is 3.43. The van der Waals surface area contributed by atoms with Crippen LogP contribution in [0.15, 0.2) is 42.9 Å². The van der Waals surface area contributed by atoms with E-state index in [-0.39, 0.29) is 18.0 Å². The maximum absolute atomic E-state index is 12.5. The first-order valence-electron chi connectivity index (χ1n) is 6.82. The van der Waals surface area contributed by atoms with Crippen LogP contribution in [0.25, 0.3) is 0 Å². The van der Waals surface area contributed by atoms with Crippen molar-refractivity contribution in [2.24, 2.45) is 0 Å². The van der Waals surface area contributed by atoms with Crippen molar-refractivity contribution >= 4 is 11.9 Å². The van der Waals surface area contributed by atoms with Crippen LogP contribution in [0.1, 0.15) is 24.2 Å². The number of hydrogen-bond donors (Lipinski definition) is 2. The third-order valence-corrected chi connectivity index (χ3v) is 3.70. The van der Waals surface area contributed by atoms with Crippen molar-refractivity contribution in [1.82, 2.24) is 20.2 Å². The minimum atomic E-state index is -0.538. The second-order valence-electron chi connectivity index (χ2n) is 5.08. The SMILES string of the molecule is C[C@@H](c1ccccc1)N1C(=O)N[C@H](Cc2cnc[nH]2)C1=O. The van der Waals surface area contributed by atoms with E-state index in [4.69, 9.17) is 0 Å². The molecule has 1 saturated heterocycles. The molecule has 3 amide bonds. The lowest BCUT2D eigenvalue weighted by atomic mass is 10.1. The number of imide groups is 1. The van der Waals surface area contributed by atoms with Gasteiger partial charge in [0.1, 0.15) is 6.04 Å². The summed E-state index contributed by atoms with van der Waals surface area (Å²) in [5.41, 5.74) is 1.76. The molecule has 0 unspecified atom stereocenters. The van der Waals surface area contributed by atoms with E-state index >= 15 is 0 Å². The summed E-state index contributed by atoms with van der Waals surface area (Å²) in [7, 11) is 0. The predicted octanol–water partition coefficient (Wildman–Crippen LogP) is 1.63. The largest absolute Gasteiger partial charge is 0.348 e. The molecular formula is C15H16N4O2. The van der Waals surface area contributed by atoms with Crippen molar-refractivity contribution in [3.8, 4) is 0 Å². The molecule has 2 N–H and O–H groups in total. The van der Waals surface area contributed by atoms with Gasteiger partial charge in [0.05, 0.1) is 12.4 Å². The number of rotatable bonds is 4. The van der Waals surface area contributed by atoms with Gasteiger partial charge in [-0.1, -0.05) is 30.3 Å². The zero-order valence-electron chi connectivity index (χ0n) is 11.6. The molecule has 1 aromatic carbocycles. The molecule has 2 heterocycles. The van der Waals surface area contributed by atoms with Crippen molar-refractivity contribution < 1.29 is 9.59 Å². The van der Waals surface area contributed by atoms with Crippen molar-refractivity contribution in [2.45, 2.75) is 25.4 Å². The van der Waals surface area contributed by atoms with E-state index in [0.29, 0.717) is 6.42 Å². The predicted molar refractivity (Wildman–Crippen MR) is 76.3 cm³/mol. The molecule has 0 bridgehead atoms. The Labute approximate surface area is 122 Å². The van der Waals surface area contributed by atoms with Gasteiger partial charge in [-0.25, -0.2) is 9.78 Å². The first kappa shape index (κ1) is 13.4. The van der Waals surface area contributed by atoms with Gasteiger partial charge in [-0.3, -0.25) is 9.69 Å². The summed E-state index contributed by atoms with van der Waals surface area (Å²) >= 11 is 0. The number of H-pyrrole nitrogens is 1. The summed E-state index contributed by atoms with van der Waals surface area (Å²) in [5, 5.41) is 2.73. The normalized spacial score (nSPS) is 19.7. The summed E-state index contributed by atoms with van der Waals surface area (Å²) in [4.78, 5) is 32.7. The van der Waals surface area contributed by atoms with Crippen LogP contribution in [0.2, 0.25) is 0 Å². The van der Waals surface area contributed by atoms with E-state index in [2.05, 4.69) is 15.3 Å². The maximum atomic E-state index is 12.5. The third-order valence-electron chi connectivity index (χ3n) is 3.70. The monoisotopic (exact) mass is 284 g/mol. The van der Waals surface area contributed by atoms with Crippen molar-refractivity contribution in [1.29, 1.82) is 0 Å². The van der Waals surface area contributed by atoms with E-state index in [1.807, 2.05) is 37.3 Å². The van der Waals surface area contributed by atoms with Gasteiger partial charge < -0.3 is 10.3 Å². The van der Waals surface area contributed by atoms with Gasteiger partial charge in [0.25, 0.3) is 5.91 Å². The fraction of sp³-hybridized carbons (Fsp3) is 0.267. The fourth-order valence-corrected chi connectivity index (χ4v) is 2.55. The summed E-state index contributed by atoms with van der Waals surface area (Å²) < 4.78 is 0. The molecule has 1 aromatic heterocycles. The molecule has 6 nitrogen and oxygen atoms in total. The van der Waals surface area contributed by atoms with E-state index in [1.54, 1.807) is 12.5 Å². The van der Waals surface area contributed by atoms with Gasteiger partial charge in [-0.05, 0) is 12.5 Å². The molecule has 0 saturated carbocycles. The van der Waals surface area contributed by atoms with Crippen molar-refractivity contribution in [3.05, 3.63) is 54.1 Å². The summed E-state index contributed by atoms with van der Waals surface area (Å²) in [6.45, 7) is 1.85. The second kappa shape index (κ2) is 5.40. The molecule has 0 radical (unpaired) electrons. The molecule has 2 atom stereocenters. The number of nitrogens with one attached hydrogen (secondary N) is 2. The van der Waals surface area contributed by atoms with Crippen LogP contribution in [0.3, 0.4) is 0 Å². The van der Waals surface area contributed by atoms with E-state index in [1.165, 1.54) is 4.90 Å². The molecule has 6 heteroatoms. The van der Waals surface area contributed by atoms with E-state index < -0.39 is 6.04 Å². The van der Waals surface area contributed by atoms with E-state index in [9.17, 15) is 9.59 Å². The van der Waals surface area contributed by atoms with Gasteiger partial charge in [0, 0.05) is 18.3 Å². The number of hydrogen-bond acceptors (Lipinski definition) is 3. The Morgan fingerprint density at radius 1 is 1.29 bits per heavy atom. The highest BCUT2D eigenvalue weighted by Gasteiger charge is 2.41. The quantitative estimate of drug-likeness (QED) is 0.838. The Bertz CT molecular complexity index is 639. The zero-order valence-corrected chi connectivity index (χ0v) is 11.6. The molecule has 108 valence electrons. The van der Waals surface area contributed by atoms with Crippen LogP contribution in [-0.2, 0) is 11.2 Å². The van der Waals surface area contributed by atoms with Crippen LogP contribution in [0.4, 0.5) is 4.79 Å². The number of nitrogens with zero attached hydrogens (tertiary/aromatic N) is 2. The van der Waals surface area contributed by atoms with E-state index in [0.717, 1.165) is 11.3 Å². The minimum absolute atomic E-state index is 0.203. The van der Waals surface area contributed by atoms with Crippen LogP contribution < -0.4 is 5.32 Å². The Balaban J connectivity index is 1.77. The Morgan fingerprint density at radius 2 is 2.05 bits per heavy atom. The van der Waals surface area contributed by atoms with Crippen LogP contribution in [0.5, 0.6) is 0 Å². The number of benzene rings is 1. The molecule has 0 spiro atoms. The van der Waals surface area contributed by atoms with Gasteiger partial charge in [-0.2, -0.15) is 0 Å². The van der Waals surface area contributed by atoms with Crippen LogP contribution in [0, 0.1) is 0 Å². The van der Waals surface area contributed by atoms with Crippen molar-refractivity contribution in [2.75, 3.05) is 0 Å². The Morgan fingerprint density at radius 3 is 2.71 bits per heavy atom. The van der Waals surface area contributed by atoms with Gasteiger partial charge >= 0.3 is 6.03 Å². The van der Waals surface area contributed by atoms with Crippen LogP contribution >= 0.6 is 0 Å². The van der Waals surface area contributed by atoms with Crippen molar-refractivity contribution in [3.63, 3.8) is 0 Å². The third kappa shape index (κ3) is 2.52. The Hall–Kier alpha value is -2.63. The summed E-state index contributed by atoms with van der Waals surface area (Å²) in [5.74, 6) is -0.203. The van der Waals surface area contributed by atoms with Gasteiger partial charge in [0.2, 0.25) is 0 Å². The fourth-order valence-electron chi connectivity index (χ4n) is 2.55. The zero-order chi connectivity index (χ0) is 14.8. The highest BCUT2D eigenvalue weighted by Crippen LogP contribution is 2.24. The summed E-state index contributed by atoms with van der Waals surface area (Å²) in [6.07, 6.45) is 3.63. The lowest BCUT2D eigenvalue weighted by molar-refractivity contribution is -0.128. The average molecular weight is 284 g/mol. The summed E-state index contributed by atoms with van der Waals surface area (Å²) in [6, 6.07) is 8.35. The number of carbonyl (C=O) groups excluding carboxylic acids is 2. The molecule has 1 aliphatic rings. The first-order chi connectivity index (χ1) is 10.2.